The molecular weight excluding hydrogens is 582 g/mol. The zero-order valence-corrected chi connectivity index (χ0v) is 29.1. The molecule has 0 heterocycles. The van der Waals surface area contributed by atoms with Gasteiger partial charge in [0.1, 0.15) is 18.0 Å². The Morgan fingerprint density at radius 3 is 1.82 bits per heavy atom. The lowest BCUT2D eigenvalue weighted by molar-refractivity contribution is -0.142. The van der Waals surface area contributed by atoms with Gasteiger partial charge >= 0.3 is 12.1 Å². The van der Waals surface area contributed by atoms with Gasteiger partial charge in [-0.25, -0.2) is 4.79 Å². The summed E-state index contributed by atoms with van der Waals surface area (Å²) in [6.45, 7) is 16.7. The van der Waals surface area contributed by atoms with Crippen molar-refractivity contribution >= 4 is 20.4 Å². The van der Waals surface area contributed by atoms with Gasteiger partial charge in [0.15, 0.2) is 8.32 Å². The molecule has 45 heavy (non-hydrogen) atoms. The fourth-order valence-corrected chi connectivity index (χ4v) is 6.12. The predicted octanol–water partition coefficient (Wildman–Crippen LogP) is 8.43. The van der Waals surface area contributed by atoms with E-state index in [1.165, 1.54) is 0 Å². The van der Waals surface area contributed by atoms with Crippen molar-refractivity contribution in [3.63, 3.8) is 0 Å². The van der Waals surface area contributed by atoms with Crippen molar-refractivity contribution in [1.29, 1.82) is 0 Å². The first-order valence-corrected chi connectivity index (χ1v) is 18.6. The second kappa shape index (κ2) is 15.6. The molecule has 3 aromatic carbocycles. The van der Waals surface area contributed by atoms with E-state index >= 15 is 0 Å². The summed E-state index contributed by atoms with van der Waals surface area (Å²) in [6.07, 6.45) is -0.114. The third kappa shape index (κ3) is 12.0. The second-order valence-electron chi connectivity index (χ2n) is 14.3. The van der Waals surface area contributed by atoms with Crippen LogP contribution in [0.5, 0.6) is 5.75 Å². The average Bonchev–Trinajstić information content (AvgIpc) is 2.95. The van der Waals surface area contributed by atoms with E-state index < -0.39 is 44.0 Å². The first kappa shape index (κ1) is 35.9. The highest BCUT2D eigenvalue weighted by Gasteiger charge is 2.42. The fraction of sp³-hybridized carbons (Fsp3) is 0.459. The fourth-order valence-electron chi connectivity index (χ4n) is 4.75. The number of benzene rings is 3. The van der Waals surface area contributed by atoms with Gasteiger partial charge in [0.05, 0.1) is 18.1 Å². The Balaban J connectivity index is 1.92. The van der Waals surface area contributed by atoms with Crippen LogP contribution in [0.4, 0.5) is 4.79 Å². The van der Waals surface area contributed by atoms with Crippen LogP contribution < -0.4 is 10.1 Å². The minimum absolute atomic E-state index is 0.127. The summed E-state index contributed by atoms with van der Waals surface area (Å²) < 4.78 is 18.6. The van der Waals surface area contributed by atoms with Crippen molar-refractivity contribution in [1.82, 2.24) is 5.32 Å². The molecule has 0 radical (unpaired) electrons. The van der Waals surface area contributed by atoms with Gasteiger partial charge < -0.3 is 24.3 Å². The maximum atomic E-state index is 13.2. The number of amides is 1. The maximum Gasteiger partial charge on any atom is 0.407 e. The Labute approximate surface area is 270 Å². The van der Waals surface area contributed by atoms with Crippen LogP contribution in [0.1, 0.15) is 64.7 Å². The normalized spacial score (nSPS) is 14.2. The largest absolute Gasteiger partial charge is 0.489 e. The number of nitrogens with one attached hydrogen (secondary N) is 1. The molecule has 7 nitrogen and oxygen atoms in total. The summed E-state index contributed by atoms with van der Waals surface area (Å²) in [4.78, 5) is 25.8. The Morgan fingerprint density at radius 2 is 1.31 bits per heavy atom. The highest BCUT2D eigenvalue weighted by molar-refractivity contribution is 6.74. The minimum Gasteiger partial charge on any atom is -0.489 e. The van der Waals surface area contributed by atoms with E-state index in [9.17, 15) is 14.7 Å². The lowest BCUT2D eigenvalue weighted by atomic mass is 9.89. The average molecular weight is 634 g/mol. The van der Waals surface area contributed by atoms with Gasteiger partial charge in [-0.05, 0) is 87.0 Å². The number of carbonyl (C=O) groups is 2. The number of aliphatic carboxylic acids is 1. The Morgan fingerprint density at radius 1 is 0.778 bits per heavy atom. The van der Waals surface area contributed by atoms with Crippen molar-refractivity contribution in [3.05, 3.63) is 102 Å². The standard InChI is InChI=1S/C37H51NO6Si/c1-36(2,3)43-35(41)38-32(24-28-19-21-31(22-20-28)42-26-29-17-13-10-14-18-29)33(44-45(7,8)37(4,5)6)25-30(34(39)40)23-27-15-11-9-12-16-27/h9-22,30,32-33H,23-26H2,1-8H3,(H,38,41)(H,39,40). The Hall–Kier alpha value is -3.62. The van der Waals surface area contributed by atoms with Crippen LogP contribution >= 0.6 is 0 Å². The van der Waals surface area contributed by atoms with Crippen LogP contribution in [0.2, 0.25) is 18.1 Å². The van der Waals surface area contributed by atoms with Crippen LogP contribution in [-0.2, 0) is 33.4 Å². The van der Waals surface area contributed by atoms with E-state index in [1.54, 1.807) is 0 Å². The molecule has 8 heteroatoms. The molecule has 0 aliphatic rings. The van der Waals surface area contributed by atoms with Crippen LogP contribution in [0.3, 0.4) is 0 Å². The highest BCUT2D eigenvalue weighted by atomic mass is 28.4. The van der Waals surface area contributed by atoms with E-state index in [0.717, 1.165) is 22.4 Å². The predicted molar refractivity (Wildman–Crippen MR) is 182 cm³/mol. The molecule has 3 atom stereocenters. The van der Waals surface area contributed by atoms with Gasteiger partial charge in [-0.3, -0.25) is 4.79 Å². The first-order chi connectivity index (χ1) is 21.0. The molecule has 0 fully saturated rings. The summed E-state index contributed by atoms with van der Waals surface area (Å²) >= 11 is 0. The molecule has 3 aromatic rings. The number of carbonyl (C=O) groups excluding carboxylic acids is 1. The zero-order valence-electron chi connectivity index (χ0n) is 28.1. The van der Waals surface area contributed by atoms with Crippen LogP contribution in [0.15, 0.2) is 84.9 Å². The van der Waals surface area contributed by atoms with E-state index in [0.29, 0.717) is 19.4 Å². The van der Waals surface area contributed by atoms with Crippen molar-refractivity contribution in [2.24, 2.45) is 5.92 Å². The molecule has 244 valence electrons. The van der Waals surface area contributed by atoms with Gasteiger partial charge in [-0.1, -0.05) is 93.6 Å². The third-order valence-corrected chi connectivity index (χ3v) is 12.7. The number of ether oxygens (including phenoxy) is 2. The maximum absolute atomic E-state index is 13.2. The van der Waals surface area contributed by atoms with Crippen molar-refractivity contribution in [2.75, 3.05) is 0 Å². The SMILES string of the molecule is CC(C)(C)OC(=O)NC(Cc1ccc(OCc2ccccc2)cc1)C(CC(Cc1ccccc1)C(=O)O)O[Si](C)(C)C(C)(C)C. The topological polar surface area (TPSA) is 94.1 Å². The molecule has 0 aromatic heterocycles. The Kier molecular flexibility index (Phi) is 12.4. The molecule has 0 bridgehead atoms. The van der Waals surface area contributed by atoms with E-state index in [4.69, 9.17) is 13.9 Å². The molecule has 3 unspecified atom stereocenters. The van der Waals surface area contributed by atoms with E-state index in [2.05, 4.69) is 39.2 Å². The van der Waals surface area contributed by atoms with Crippen LogP contribution in [-0.4, -0.2) is 43.2 Å². The lowest BCUT2D eigenvalue weighted by Crippen LogP contribution is -2.54. The second-order valence-corrected chi connectivity index (χ2v) is 19.0. The van der Waals surface area contributed by atoms with E-state index in [-0.39, 0.29) is 11.5 Å². The van der Waals surface area contributed by atoms with Gasteiger partial charge in [0, 0.05) is 0 Å². The third-order valence-electron chi connectivity index (χ3n) is 8.22. The minimum atomic E-state index is -2.40. The van der Waals surface area contributed by atoms with Crippen LogP contribution in [0, 0.1) is 5.92 Å². The number of carboxylic acid groups (broad SMARTS) is 1. The monoisotopic (exact) mass is 633 g/mol. The smallest absolute Gasteiger partial charge is 0.407 e. The molecule has 0 saturated carbocycles. The van der Waals surface area contributed by atoms with Gasteiger partial charge in [-0.2, -0.15) is 0 Å². The summed E-state index contributed by atoms with van der Waals surface area (Å²) in [6, 6.07) is 26.9. The zero-order chi connectivity index (χ0) is 33.3. The number of rotatable bonds is 14. The quantitative estimate of drug-likeness (QED) is 0.173. The number of carboxylic acids is 1. The van der Waals surface area contributed by atoms with Crippen molar-refractivity contribution in [3.8, 4) is 5.75 Å². The lowest BCUT2D eigenvalue weighted by Gasteiger charge is -2.42. The first-order valence-electron chi connectivity index (χ1n) is 15.7. The highest BCUT2D eigenvalue weighted by Crippen LogP contribution is 2.39. The molecular formula is C37H51NO6Si. The molecule has 0 spiro atoms. The van der Waals surface area contributed by atoms with Gasteiger partial charge in [0.2, 0.25) is 0 Å². The van der Waals surface area contributed by atoms with Crippen molar-refractivity contribution in [2.45, 2.75) is 103 Å². The summed E-state index contributed by atoms with van der Waals surface area (Å²) in [5.74, 6) is -0.861. The molecule has 0 saturated heterocycles. The summed E-state index contributed by atoms with van der Waals surface area (Å²) in [5, 5.41) is 13.3. The number of alkyl carbamates (subject to hydrolysis) is 1. The van der Waals surface area contributed by atoms with Crippen molar-refractivity contribution < 1.29 is 28.6 Å². The molecule has 0 aliphatic heterocycles. The number of hydrogen-bond acceptors (Lipinski definition) is 5. The molecule has 3 rings (SSSR count). The van der Waals surface area contributed by atoms with Crippen LogP contribution in [0.25, 0.3) is 0 Å². The van der Waals surface area contributed by atoms with Gasteiger partial charge in [0.25, 0.3) is 0 Å². The van der Waals surface area contributed by atoms with Gasteiger partial charge in [-0.15, -0.1) is 0 Å². The Bertz CT molecular complexity index is 1350. The van der Waals surface area contributed by atoms with E-state index in [1.807, 2.05) is 106 Å². The summed E-state index contributed by atoms with van der Waals surface area (Å²) in [7, 11) is -2.40. The number of hydrogen-bond donors (Lipinski definition) is 2. The molecule has 1 amide bonds. The summed E-state index contributed by atoms with van der Waals surface area (Å²) in [5.41, 5.74) is 2.29. The molecule has 0 aliphatic carbocycles. The molecule has 2 N–H and O–H groups in total.